The Morgan fingerprint density at radius 3 is 2.83 bits per heavy atom. The molecule has 23 heavy (non-hydrogen) atoms. The van der Waals surface area contributed by atoms with Gasteiger partial charge in [-0.15, -0.1) is 0 Å². The molecule has 0 N–H and O–H groups in total. The van der Waals surface area contributed by atoms with E-state index in [9.17, 15) is 0 Å². The normalized spacial score (nSPS) is 19.2. The number of hydrogen-bond acceptors (Lipinski definition) is 3. The standard InChI is InChI=1S/C18H26N4S/c1-4-16-9-5-6-11-20(16)13-21-18(23)22(15(3)19-21)17-10-7-8-14(2)12-17/h7-8,10,12,16H,4-6,9,11,13H2,1-3H3/t16-/m0/s1. The molecule has 0 radical (unpaired) electrons. The highest BCUT2D eigenvalue weighted by Crippen LogP contribution is 2.21. The van der Waals surface area contributed by atoms with Crippen LogP contribution < -0.4 is 0 Å². The van der Waals surface area contributed by atoms with E-state index in [0.29, 0.717) is 6.04 Å². The average Bonchev–Trinajstić information content (AvgIpc) is 2.82. The summed E-state index contributed by atoms with van der Waals surface area (Å²) in [4.78, 5) is 2.53. The summed E-state index contributed by atoms with van der Waals surface area (Å²) in [5, 5.41) is 4.71. The summed E-state index contributed by atoms with van der Waals surface area (Å²) in [6.07, 6.45) is 5.12. The number of hydrogen-bond donors (Lipinski definition) is 0. The predicted octanol–water partition coefficient (Wildman–Crippen LogP) is 4.24. The van der Waals surface area contributed by atoms with E-state index in [1.807, 2.05) is 11.6 Å². The lowest BCUT2D eigenvalue weighted by Gasteiger charge is -2.34. The van der Waals surface area contributed by atoms with Crippen LogP contribution in [-0.2, 0) is 6.67 Å². The monoisotopic (exact) mass is 330 g/mol. The molecule has 1 aliphatic rings. The molecule has 0 spiro atoms. The molecular weight excluding hydrogens is 304 g/mol. The van der Waals surface area contributed by atoms with Crippen molar-refractivity contribution in [1.29, 1.82) is 0 Å². The molecule has 2 aromatic rings. The van der Waals surface area contributed by atoms with Crippen molar-refractivity contribution in [3.05, 3.63) is 40.4 Å². The van der Waals surface area contributed by atoms with Gasteiger partial charge in [0.2, 0.25) is 4.77 Å². The molecule has 5 heteroatoms. The van der Waals surface area contributed by atoms with Gasteiger partial charge in [0, 0.05) is 18.3 Å². The largest absolute Gasteiger partial charge is 0.281 e. The topological polar surface area (TPSA) is 26.0 Å². The van der Waals surface area contributed by atoms with Gasteiger partial charge in [-0.1, -0.05) is 25.5 Å². The van der Waals surface area contributed by atoms with Crippen molar-refractivity contribution in [3.63, 3.8) is 0 Å². The van der Waals surface area contributed by atoms with E-state index < -0.39 is 0 Å². The zero-order chi connectivity index (χ0) is 16.4. The Bertz CT molecular complexity index is 731. The summed E-state index contributed by atoms with van der Waals surface area (Å²) in [6.45, 7) is 8.36. The van der Waals surface area contributed by atoms with Gasteiger partial charge < -0.3 is 0 Å². The highest BCUT2D eigenvalue weighted by molar-refractivity contribution is 7.71. The molecule has 0 unspecified atom stereocenters. The second kappa shape index (κ2) is 6.97. The molecule has 0 saturated carbocycles. The Hall–Kier alpha value is -1.46. The number of aromatic nitrogens is 3. The first kappa shape index (κ1) is 16.4. The minimum Gasteiger partial charge on any atom is -0.281 e. The molecule has 0 amide bonds. The highest BCUT2D eigenvalue weighted by Gasteiger charge is 2.22. The summed E-state index contributed by atoms with van der Waals surface area (Å²) in [5.41, 5.74) is 2.34. The Balaban J connectivity index is 1.90. The van der Waals surface area contributed by atoms with Crippen molar-refractivity contribution >= 4 is 12.2 Å². The van der Waals surface area contributed by atoms with Crippen molar-refractivity contribution < 1.29 is 0 Å². The van der Waals surface area contributed by atoms with Gasteiger partial charge >= 0.3 is 0 Å². The van der Waals surface area contributed by atoms with Gasteiger partial charge in [0.25, 0.3) is 0 Å². The number of piperidine rings is 1. The predicted molar refractivity (Wildman–Crippen MR) is 96.5 cm³/mol. The summed E-state index contributed by atoms with van der Waals surface area (Å²) in [6, 6.07) is 9.09. The van der Waals surface area contributed by atoms with Crippen LogP contribution in [0.2, 0.25) is 0 Å². The van der Waals surface area contributed by atoms with Crippen LogP contribution in [0.3, 0.4) is 0 Å². The first-order valence-corrected chi connectivity index (χ1v) is 8.98. The number of benzene rings is 1. The summed E-state index contributed by atoms with van der Waals surface area (Å²) in [5.74, 6) is 0.950. The molecule has 3 rings (SSSR count). The maximum Gasteiger partial charge on any atom is 0.203 e. The van der Waals surface area contributed by atoms with Crippen LogP contribution in [0.5, 0.6) is 0 Å². The van der Waals surface area contributed by atoms with Crippen LogP contribution in [-0.4, -0.2) is 31.8 Å². The van der Waals surface area contributed by atoms with E-state index in [2.05, 4.69) is 47.6 Å². The minimum absolute atomic E-state index is 0.662. The third-order valence-electron chi connectivity index (χ3n) is 4.80. The fourth-order valence-electron chi connectivity index (χ4n) is 3.55. The first-order valence-electron chi connectivity index (χ1n) is 8.57. The molecular formula is C18H26N4S. The van der Waals surface area contributed by atoms with E-state index in [1.54, 1.807) is 0 Å². The van der Waals surface area contributed by atoms with Crippen molar-refractivity contribution in [3.8, 4) is 5.69 Å². The quantitative estimate of drug-likeness (QED) is 0.784. The van der Waals surface area contributed by atoms with E-state index in [0.717, 1.165) is 29.5 Å². The van der Waals surface area contributed by atoms with Crippen LogP contribution >= 0.6 is 12.2 Å². The second-order valence-electron chi connectivity index (χ2n) is 6.52. The van der Waals surface area contributed by atoms with Crippen molar-refractivity contribution in [2.24, 2.45) is 0 Å². The number of aryl methyl sites for hydroxylation is 2. The van der Waals surface area contributed by atoms with Crippen LogP contribution in [0, 0.1) is 18.6 Å². The molecule has 1 saturated heterocycles. The molecule has 0 aliphatic carbocycles. The van der Waals surface area contributed by atoms with Crippen molar-refractivity contribution in [2.45, 2.75) is 59.2 Å². The first-order chi connectivity index (χ1) is 11.1. The van der Waals surface area contributed by atoms with Gasteiger partial charge in [-0.2, -0.15) is 5.10 Å². The lowest BCUT2D eigenvalue weighted by molar-refractivity contribution is 0.100. The molecule has 1 aromatic carbocycles. The molecule has 1 fully saturated rings. The Kier molecular flexibility index (Phi) is 4.97. The van der Waals surface area contributed by atoms with Gasteiger partial charge in [0.1, 0.15) is 5.82 Å². The molecule has 0 bridgehead atoms. The van der Waals surface area contributed by atoms with Gasteiger partial charge in [-0.25, -0.2) is 4.68 Å². The zero-order valence-corrected chi connectivity index (χ0v) is 15.1. The van der Waals surface area contributed by atoms with Crippen LogP contribution in [0.25, 0.3) is 5.69 Å². The van der Waals surface area contributed by atoms with Crippen LogP contribution in [0.1, 0.15) is 44.0 Å². The van der Waals surface area contributed by atoms with Crippen molar-refractivity contribution in [1.82, 2.24) is 19.2 Å². The maximum absolute atomic E-state index is 5.72. The maximum atomic E-state index is 5.72. The van der Waals surface area contributed by atoms with Gasteiger partial charge in [-0.3, -0.25) is 9.47 Å². The molecule has 124 valence electrons. The highest BCUT2D eigenvalue weighted by atomic mass is 32.1. The molecule has 4 nitrogen and oxygen atoms in total. The SMILES string of the molecule is CC[C@H]1CCCCN1Cn1nc(C)n(-c2cccc(C)c2)c1=S. The number of rotatable bonds is 4. The molecule has 2 heterocycles. The van der Waals surface area contributed by atoms with Crippen molar-refractivity contribution in [2.75, 3.05) is 6.54 Å². The summed E-state index contributed by atoms with van der Waals surface area (Å²) in [7, 11) is 0. The van der Waals surface area contributed by atoms with E-state index >= 15 is 0 Å². The minimum atomic E-state index is 0.662. The zero-order valence-electron chi connectivity index (χ0n) is 14.3. The van der Waals surface area contributed by atoms with Gasteiger partial charge in [0.15, 0.2) is 0 Å². The van der Waals surface area contributed by atoms with Gasteiger partial charge in [0.05, 0.1) is 6.67 Å². The Labute approximate surface area is 143 Å². The van der Waals surface area contributed by atoms with Crippen LogP contribution in [0.15, 0.2) is 24.3 Å². The third kappa shape index (κ3) is 3.40. The summed E-state index contributed by atoms with van der Waals surface area (Å²) < 4.78 is 4.85. The van der Waals surface area contributed by atoms with E-state index in [1.165, 1.54) is 31.2 Å². The number of likely N-dealkylation sites (tertiary alicyclic amines) is 1. The Morgan fingerprint density at radius 2 is 2.09 bits per heavy atom. The fourth-order valence-corrected chi connectivity index (χ4v) is 3.89. The lowest BCUT2D eigenvalue weighted by Crippen LogP contribution is -2.40. The Morgan fingerprint density at radius 1 is 1.26 bits per heavy atom. The fraction of sp³-hybridized carbons (Fsp3) is 0.556. The average molecular weight is 331 g/mol. The van der Waals surface area contributed by atoms with E-state index in [4.69, 9.17) is 17.3 Å². The van der Waals surface area contributed by atoms with E-state index in [-0.39, 0.29) is 0 Å². The lowest BCUT2D eigenvalue weighted by atomic mass is 10.0. The number of nitrogens with zero attached hydrogens (tertiary/aromatic N) is 4. The van der Waals surface area contributed by atoms with Crippen LogP contribution in [0.4, 0.5) is 0 Å². The second-order valence-corrected chi connectivity index (χ2v) is 6.88. The smallest absolute Gasteiger partial charge is 0.203 e. The van der Waals surface area contributed by atoms with Gasteiger partial charge in [-0.05, 0) is 63.0 Å². The molecule has 1 atom stereocenters. The summed E-state index contributed by atoms with van der Waals surface area (Å²) >= 11 is 5.72. The molecule has 1 aromatic heterocycles. The third-order valence-corrected chi connectivity index (χ3v) is 5.19. The molecule has 1 aliphatic heterocycles.